The van der Waals surface area contributed by atoms with Crippen LogP contribution in [0.3, 0.4) is 0 Å². The van der Waals surface area contributed by atoms with Crippen LogP contribution in [0.25, 0.3) is 0 Å². The van der Waals surface area contributed by atoms with E-state index < -0.39 is 12.0 Å². The molecule has 1 aromatic rings. The topological polar surface area (TPSA) is 40.5 Å². The first kappa shape index (κ1) is 13.7. The number of rotatable bonds is 3. The molecule has 98 valence electrons. The summed E-state index contributed by atoms with van der Waals surface area (Å²) in [6.07, 6.45) is 3.26. The zero-order valence-electron chi connectivity index (χ0n) is 9.90. The first-order chi connectivity index (χ1) is 8.59. The van der Waals surface area contributed by atoms with Crippen LogP contribution in [0, 0.1) is 0 Å². The maximum atomic E-state index is 11.5. The molecule has 0 unspecified atom stereocenters. The van der Waals surface area contributed by atoms with Crippen LogP contribution in [0.1, 0.15) is 30.9 Å². The first-order valence-corrected chi connectivity index (χ1v) is 6.77. The van der Waals surface area contributed by atoms with Crippen LogP contribution >= 0.6 is 23.2 Å². The Hall–Kier alpha value is -0.770. The zero-order valence-corrected chi connectivity index (χ0v) is 11.4. The van der Waals surface area contributed by atoms with E-state index >= 15 is 0 Å². The molecular formula is C13H15Cl2NO2. The van der Waals surface area contributed by atoms with Gasteiger partial charge in [0.15, 0.2) is 0 Å². The van der Waals surface area contributed by atoms with E-state index in [9.17, 15) is 9.90 Å². The van der Waals surface area contributed by atoms with E-state index in [0.29, 0.717) is 15.6 Å². The zero-order chi connectivity index (χ0) is 13.1. The van der Waals surface area contributed by atoms with Crippen molar-refractivity contribution in [2.75, 3.05) is 13.1 Å². The summed E-state index contributed by atoms with van der Waals surface area (Å²) in [5, 5.41) is 10.3. The molecule has 1 N–H and O–H groups in total. The molecule has 0 amide bonds. The number of carboxylic acid groups (broad SMARTS) is 1. The van der Waals surface area contributed by atoms with Crippen molar-refractivity contribution in [2.45, 2.75) is 25.3 Å². The lowest BCUT2D eigenvalue weighted by Crippen LogP contribution is -2.37. The number of piperidine rings is 1. The number of hydrogen-bond donors (Lipinski definition) is 1. The Morgan fingerprint density at radius 1 is 1.17 bits per heavy atom. The molecule has 5 heteroatoms. The molecule has 1 heterocycles. The molecule has 18 heavy (non-hydrogen) atoms. The van der Waals surface area contributed by atoms with Gasteiger partial charge in [-0.1, -0.05) is 35.7 Å². The second kappa shape index (κ2) is 5.91. The minimum Gasteiger partial charge on any atom is -0.480 e. The summed E-state index contributed by atoms with van der Waals surface area (Å²) in [5.41, 5.74) is 0.693. The fraction of sp³-hybridized carbons (Fsp3) is 0.462. The first-order valence-electron chi connectivity index (χ1n) is 6.01. The van der Waals surface area contributed by atoms with Crippen LogP contribution < -0.4 is 0 Å². The van der Waals surface area contributed by atoms with E-state index in [2.05, 4.69) is 0 Å². The second-order valence-corrected chi connectivity index (χ2v) is 5.33. The van der Waals surface area contributed by atoms with E-state index in [4.69, 9.17) is 23.2 Å². The molecule has 1 aliphatic heterocycles. The number of nitrogens with zero attached hydrogens (tertiary/aromatic N) is 1. The Balaban J connectivity index is 2.28. The highest BCUT2D eigenvalue weighted by Gasteiger charge is 2.28. The number of aliphatic carboxylic acids is 1. The molecule has 0 saturated carbocycles. The lowest BCUT2D eigenvalue weighted by atomic mass is 10.0. The predicted octanol–water partition coefficient (Wildman–Crippen LogP) is 3.61. The van der Waals surface area contributed by atoms with E-state index in [1.807, 2.05) is 4.90 Å². The van der Waals surface area contributed by atoms with Crippen LogP contribution in [-0.2, 0) is 4.79 Å². The fourth-order valence-corrected chi connectivity index (χ4v) is 2.68. The number of benzene rings is 1. The highest BCUT2D eigenvalue weighted by atomic mass is 35.5. The number of carboxylic acids is 1. The molecule has 1 fully saturated rings. The molecule has 0 aliphatic carbocycles. The van der Waals surface area contributed by atoms with Crippen molar-refractivity contribution in [2.24, 2.45) is 0 Å². The Bertz CT molecular complexity index is 445. The summed E-state index contributed by atoms with van der Waals surface area (Å²) < 4.78 is 0. The summed E-state index contributed by atoms with van der Waals surface area (Å²) in [7, 11) is 0. The highest BCUT2D eigenvalue weighted by Crippen LogP contribution is 2.30. The van der Waals surface area contributed by atoms with Gasteiger partial charge < -0.3 is 5.11 Å². The molecule has 2 rings (SSSR count). The van der Waals surface area contributed by atoms with Crippen molar-refractivity contribution >= 4 is 29.2 Å². The van der Waals surface area contributed by atoms with Crippen molar-refractivity contribution in [3.63, 3.8) is 0 Å². The second-order valence-electron chi connectivity index (χ2n) is 4.51. The van der Waals surface area contributed by atoms with E-state index in [-0.39, 0.29) is 0 Å². The summed E-state index contributed by atoms with van der Waals surface area (Å²) in [5.74, 6) is -0.838. The Morgan fingerprint density at radius 2 is 1.83 bits per heavy atom. The average molecular weight is 288 g/mol. The lowest BCUT2D eigenvalue weighted by Gasteiger charge is -2.32. The van der Waals surface area contributed by atoms with Crippen molar-refractivity contribution in [3.8, 4) is 0 Å². The fourth-order valence-electron chi connectivity index (χ4n) is 2.37. The third kappa shape index (κ3) is 2.97. The maximum Gasteiger partial charge on any atom is 0.325 e. The molecule has 1 saturated heterocycles. The quantitative estimate of drug-likeness (QED) is 0.923. The number of likely N-dealkylation sites (tertiary alicyclic amines) is 1. The van der Waals surface area contributed by atoms with Crippen molar-refractivity contribution in [1.82, 2.24) is 4.90 Å². The number of hydrogen-bond acceptors (Lipinski definition) is 2. The molecule has 0 spiro atoms. The summed E-state index contributed by atoms with van der Waals surface area (Å²) in [4.78, 5) is 13.5. The van der Waals surface area contributed by atoms with Gasteiger partial charge in [0.1, 0.15) is 6.04 Å². The molecule has 3 nitrogen and oxygen atoms in total. The Morgan fingerprint density at radius 3 is 2.39 bits per heavy atom. The van der Waals surface area contributed by atoms with Crippen LogP contribution in [0.5, 0.6) is 0 Å². The third-order valence-corrected chi connectivity index (χ3v) is 3.99. The normalized spacial score (nSPS) is 18.6. The van der Waals surface area contributed by atoms with Gasteiger partial charge in [0.25, 0.3) is 0 Å². The van der Waals surface area contributed by atoms with Gasteiger partial charge in [-0.15, -0.1) is 0 Å². The van der Waals surface area contributed by atoms with E-state index in [1.165, 1.54) is 6.42 Å². The lowest BCUT2D eigenvalue weighted by molar-refractivity contribution is -0.144. The van der Waals surface area contributed by atoms with Gasteiger partial charge in [0.2, 0.25) is 0 Å². The molecular weight excluding hydrogens is 273 g/mol. The molecule has 0 radical (unpaired) electrons. The molecule has 1 atom stereocenters. The largest absolute Gasteiger partial charge is 0.480 e. The summed E-state index contributed by atoms with van der Waals surface area (Å²) >= 11 is 11.8. The van der Waals surface area contributed by atoms with Gasteiger partial charge in [0, 0.05) is 0 Å². The highest BCUT2D eigenvalue weighted by molar-refractivity contribution is 6.42. The third-order valence-electron chi connectivity index (χ3n) is 3.25. The van der Waals surface area contributed by atoms with Gasteiger partial charge in [-0.05, 0) is 43.6 Å². The van der Waals surface area contributed by atoms with Crippen LogP contribution in [0.2, 0.25) is 10.0 Å². The van der Waals surface area contributed by atoms with Gasteiger partial charge in [-0.25, -0.2) is 0 Å². The monoisotopic (exact) mass is 287 g/mol. The molecule has 1 aromatic carbocycles. The van der Waals surface area contributed by atoms with Crippen LogP contribution in [0.4, 0.5) is 0 Å². The van der Waals surface area contributed by atoms with Gasteiger partial charge >= 0.3 is 5.97 Å². The number of halogens is 2. The van der Waals surface area contributed by atoms with Crippen LogP contribution in [-0.4, -0.2) is 29.1 Å². The summed E-state index contributed by atoms with van der Waals surface area (Å²) in [6.45, 7) is 1.63. The average Bonchev–Trinajstić information content (AvgIpc) is 2.35. The van der Waals surface area contributed by atoms with Crippen molar-refractivity contribution in [1.29, 1.82) is 0 Å². The van der Waals surface area contributed by atoms with Crippen molar-refractivity contribution in [3.05, 3.63) is 33.8 Å². The molecule has 0 aromatic heterocycles. The predicted molar refractivity (Wildman–Crippen MR) is 72.3 cm³/mol. The minimum absolute atomic E-state index is 0.400. The van der Waals surface area contributed by atoms with Crippen LogP contribution in [0.15, 0.2) is 18.2 Å². The standard InChI is InChI=1S/C13H15Cl2NO2/c14-10-5-4-9(8-11(10)15)12(13(17)18)16-6-2-1-3-7-16/h4-5,8,12H,1-3,6-7H2,(H,17,18)/t12-/m1/s1. The van der Waals surface area contributed by atoms with Gasteiger partial charge in [-0.2, -0.15) is 0 Å². The molecule has 0 bridgehead atoms. The Labute approximate surface area is 116 Å². The Kier molecular flexibility index (Phi) is 4.49. The smallest absolute Gasteiger partial charge is 0.325 e. The SMILES string of the molecule is O=C(O)[C@@H](c1ccc(Cl)c(Cl)c1)N1CCCCC1. The van der Waals surface area contributed by atoms with Crippen molar-refractivity contribution < 1.29 is 9.90 Å². The molecule has 1 aliphatic rings. The van der Waals surface area contributed by atoms with E-state index in [0.717, 1.165) is 25.9 Å². The van der Waals surface area contributed by atoms with Gasteiger partial charge in [-0.3, -0.25) is 9.69 Å². The van der Waals surface area contributed by atoms with E-state index in [1.54, 1.807) is 18.2 Å². The summed E-state index contributed by atoms with van der Waals surface area (Å²) in [6, 6.07) is 4.41. The number of carbonyl (C=O) groups is 1. The maximum absolute atomic E-state index is 11.5. The van der Waals surface area contributed by atoms with Gasteiger partial charge in [0.05, 0.1) is 10.0 Å². The minimum atomic E-state index is -0.838.